The maximum Gasteiger partial charge on any atom is 0.261 e. The van der Waals surface area contributed by atoms with Crippen LogP contribution in [-0.2, 0) is 19.4 Å². The predicted octanol–water partition coefficient (Wildman–Crippen LogP) is 2.27. The molecule has 2 N–H and O–H groups in total. The number of hydrogen-bond donors (Lipinski definition) is 2. The maximum atomic E-state index is 12.6. The van der Waals surface area contributed by atoms with Gasteiger partial charge in [0.05, 0.1) is 17.1 Å². The van der Waals surface area contributed by atoms with Crippen molar-refractivity contribution >= 4 is 28.4 Å². The van der Waals surface area contributed by atoms with Gasteiger partial charge in [-0.1, -0.05) is 0 Å². The molecule has 2 aliphatic rings. The van der Waals surface area contributed by atoms with Gasteiger partial charge in [0.2, 0.25) is 0 Å². The number of thiophene rings is 1. The lowest BCUT2D eigenvalue weighted by atomic mass is 9.99. The topological polar surface area (TPSA) is 84.7 Å². The molecule has 3 aromatic rings. The lowest BCUT2D eigenvalue weighted by molar-refractivity contribution is 0.0956. The Morgan fingerprint density at radius 1 is 1.29 bits per heavy atom. The molecular weight excluding hydrogens is 372 g/mol. The number of hydrogen-bond acceptors (Lipinski definition) is 6. The zero-order valence-electron chi connectivity index (χ0n) is 15.8. The number of nitrogens with zero attached hydrogens (tertiary/aromatic N) is 4. The van der Waals surface area contributed by atoms with Gasteiger partial charge in [-0.15, -0.1) is 11.3 Å². The van der Waals surface area contributed by atoms with Crippen LogP contribution in [0.15, 0.2) is 18.5 Å². The number of carbonyl (C=O) groups excluding carboxylic acids is 1. The Bertz CT molecular complexity index is 980. The quantitative estimate of drug-likeness (QED) is 0.691. The SMILES string of the molecule is O=C(NCCn1nc(C2CCNC2)c2nccnc21)c1cc2c(s1)CCCC2. The highest BCUT2D eigenvalue weighted by atomic mass is 32.1. The van der Waals surface area contributed by atoms with Crippen molar-refractivity contribution in [3.8, 4) is 0 Å². The molecule has 1 aliphatic heterocycles. The molecule has 1 unspecified atom stereocenters. The second kappa shape index (κ2) is 7.60. The summed E-state index contributed by atoms with van der Waals surface area (Å²) in [5.41, 5.74) is 4.06. The van der Waals surface area contributed by atoms with Gasteiger partial charge >= 0.3 is 0 Å². The molecule has 4 heterocycles. The Labute approximate surface area is 167 Å². The highest BCUT2D eigenvalue weighted by Gasteiger charge is 2.24. The summed E-state index contributed by atoms with van der Waals surface area (Å²) in [5, 5.41) is 11.2. The number of carbonyl (C=O) groups is 1. The van der Waals surface area contributed by atoms with Crippen molar-refractivity contribution < 1.29 is 4.79 Å². The van der Waals surface area contributed by atoms with Crippen LogP contribution in [-0.4, -0.2) is 45.3 Å². The second-order valence-electron chi connectivity index (χ2n) is 7.55. The van der Waals surface area contributed by atoms with E-state index in [0.717, 1.165) is 54.1 Å². The molecule has 7 nitrogen and oxygen atoms in total. The van der Waals surface area contributed by atoms with Crippen LogP contribution in [0.4, 0.5) is 0 Å². The molecule has 1 atom stereocenters. The van der Waals surface area contributed by atoms with Gasteiger partial charge in [0.1, 0.15) is 5.52 Å². The summed E-state index contributed by atoms with van der Waals surface area (Å²) in [6.07, 6.45) is 9.19. The van der Waals surface area contributed by atoms with Crippen LogP contribution in [0.5, 0.6) is 0 Å². The summed E-state index contributed by atoms with van der Waals surface area (Å²) in [6.45, 7) is 3.06. The normalized spacial score (nSPS) is 19.1. The number of fused-ring (bicyclic) bond motifs is 2. The molecule has 28 heavy (non-hydrogen) atoms. The van der Waals surface area contributed by atoms with Crippen molar-refractivity contribution in [1.29, 1.82) is 0 Å². The van der Waals surface area contributed by atoms with Crippen LogP contribution in [0, 0.1) is 0 Å². The van der Waals surface area contributed by atoms with Crippen LogP contribution >= 0.6 is 11.3 Å². The number of amides is 1. The zero-order chi connectivity index (χ0) is 18.9. The molecule has 0 aromatic carbocycles. The molecule has 146 valence electrons. The molecule has 5 rings (SSSR count). The Morgan fingerprint density at radius 2 is 2.18 bits per heavy atom. The Kier molecular flexibility index (Phi) is 4.82. The molecule has 0 radical (unpaired) electrons. The first-order chi connectivity index (χ1) is 13.8. The first-order valence-electron chi connectivity index (χ1n) is 10.1. The molecule has 8 heteroatoms. The van der Waals surface area contributed by atoms with Crippen LogP contribution in [0.3, 0.4) is 0 Å². The highest BCUT2D eigenvalue weighted by Crippen LogP contribution is 2.29. The lowest BCUT2D eigenvalue weighted by Crippen LogP contribution is -2.27. The lowest BCUT2D eigenvalue weighted by Gasteiger charge is -2.08. The molecule has 3 aromatic heterocycles. The van der Waals surface area contributed by atoms with E-state index < -0.39 is 0 Å². The fourth-order valence-corrected chi connectivity index (χ4v) is 5.38. The Balaban J connectivity index is 1.28. The summed E-state index contributed by atoms with van der Waals surface area (Å²) in [5.74, 6) is 0.398. The van der Waals surface area contributed by atoms with Crippen LogP contribution in [0.25, 0.3) is 11.2 Å². The van der Waals surface area contributed by atoms with Gasteiger partial charge in [-0.05, 0) is 50.3 Å². The van der Waals surface area contributed by atoms with Crippen molar-refractivity contribution in [2.24, 2.45) is 0 Å². The largest absolute Gasteiger partial charge is 0.349 e. The fraction of sp³-hybridized carbons (Fsp3) is 0.500. The standard InChI is InChI=1S/C20H24N6OS/c27-20(16-11-13-3-1-2-4-15(13)28-16)24-9-10-26-19-18(22-7-8-23-19)17(25-26)14-5-6-21-12-14/h7-8,11,14,21H,1-6,9-10,12H2,(H,24,27). The van der Waals surface area contributed by atoms with Crippen molar-refractivity contribution in [3.05, 3.63) is 39.5 Å². The highest BCUT2D eigenvalue weighted by molar-refractivity contribution is 7.14. The third kappa shape index (κ3) is 3.31. The molecule has 1 aliphatic carbocycles. The smallest absolute Gasteiger partial charge is 0.261 e. The van der Waals surface area contributed by atoms with Crippen LogP contribution in [0.1, 0.15) is 51.0 Å². The predicted molar refractivity (Wildman–Crippen MR) is 109 cm³/mol. The van der Waals surface area contributed by atoms with Gasteiger partial charge in [-0.2, -0.15) is 5.10 Å². The minimum Gasteiger partial charge on any atom is -0.349 e. The number of aromatic nitrogens is 4. The summed E-state index contributed by atoms with van der Waals surface area (Å²) >= 11 is 1.65. The van der Waals surface area contributed by atoms with Crippen molar-refractivity contribution in [3.63, 3.8) is 0 Å². The van der Waals surface area contributed by atoms with Gasteiger partial charge in [0.25, 0.3) is 5.91 Å². The van der Waals surface area contributed by atoms with Crippen molar-refractivity contribution in [2.75, 3.05) is 19.6 Å². The van der Waals surface area contributed by atoms with E-state index in [1.807, 2.05) is 4.68 Å². The van der Waals surface area contributed by atoms with Crippen LogP contribution in [0.2, 0.25) is 0 Å². The average molecular weight is 397 g/mol. The minimum atomic E-state index is 0.0159. The molecule has 1 fully saturated rings. The monoisotopic (exact) mass is 396 g/mol. The third-order valence-electron chi connectivity index (χ3n) is 5.67. The number of nitrogens with one attached hydrogen (secondary N) is 2. The van der Waals surface area contributed by atoms with E-state index in [1.54, 1.807) is 23.7 Å². The number of aryl methyl sites for hydroxylation is 2. The second-order valence-corrected chi connectivity index (χ2v) is 8.69. The van der Waals surface area contributed by atoms with E-state index in [0.29, 0.717) is 19.0 Å². The summed E-state index contributed by atoms with van der Waals surface area (Å²) in [6, 6.07) is 2.08. The van der Waals surface area contributed by atoms with Crippen molar-refractivity contribution in [2.45, 2.75) is 44.6 Å². The molecule has 1 amide bonds. The van der Waals surface area contributed by atoms with E-state index in [1.165, 1.54) is 23.3 Å². The third-order valence-corrected chi connectivity index (χ3v) is 6.91. The molecule has 0 spiro atoms. The van der Waals surface area contributed by atoms with Gasteiger partial charge in [0, 0.05) is 36.3 Å². The van der Waals surface area contributed by atoms with Crippen molar-refractivity contribution in [1.82, 2.24) is 30.4 Å². The van der Waals surface area contributed by atoms with Crippen LogP contribution < -0.4 is 10.6 Å². The van der Waals surface area contributed by atoms with E-state index in [9.17, 15) is 4.79 Å². The molecular formula is C20H24N6OS. The van der Waals surface area contributed by atoms with Gasteiger partial charge in [-0.25, -0.2) is 14.6 Å². The average Bonchev–Trinajstić information content (AvgIpc) is 3.46. The fourth-order valence-electron chi connectivity index (χ4n) is 4.21. The zero-order valence-corrected chi connectivity index (χ0v) is 16.6. The Hall–Kier alpha value is -2.32. The van der Waals surface area contributed by atoms with E-state index in [4.69, 9.17) is 5.10 Å². The van der Waals surface area contributed by atoms with Gasteiger partial charge < -0.3 is 10.6 Å². The number of rotatable bonds is 5. The Morgan fingerprint density at radius 3 is 3.04 bits per heavy atom. The molecule has 0 bridgehead atoms. The molecule has 1 saturated heterocycles. The maximum absolute atomic E-state index is 12.6. The summed E-state index contributed by atoms with van der Waals surface area (Å²) in [4.78, 5) is 23.8. The minimum absolute atomic E-state index is 0.0159. The first-order valence-corrected chi connectivity index (χ1v) is 10.9. The summed E-state index contributed by atoms with van der Waals surface area (Å²) < 4.78 is 1.88. The van der Waals surface area contributed by atoms with Gasteiger partial charge in [0.15, 0.2) is 5.65 Å². The van der Waals surface area contributed by atoms with E-state index in [2.05, 4.69) is 26.7 Å². The summed E-state index contributed by atoms with van der Waals surface area (Å²) in [7, 11) is 0. The molecule has 0 saturated carbocycles. The van der Waals surface area contributed by atoms with E-state index >= 15 is 0 Å². The van der Waals surface area contributed by atoms with Gasteiger partial charge in [-0.3, -0.25) is 4.79 Å². The van der Waals surface area contributed by atoms with E-state index in [-0.39, 0.29) is 5.91 Å². The first kappa shape index (κ1) is 17.8.